The summed E-state index contributed by atoms with van der Waals surface area (Å²) in [4.78, 5) is 37.2. The standard InChI is InChI=1S/C14H13N3O5S/c1-22-13(19)6-5-12(18)16-14-15-11(8-23-14)9-3-2-4-10(7-9)17(20)21/h2-4,7-8H,5-6H2,1H3,(H,15,16,18). The van der Waals surface area contributed by atoms with E-state index in [-0.39, 0.29) is 24.4 Å². The van der Waals surface area contributed by atoms with Crippen molar-refractivity contribution in [1.82, 2.24) is 4.98 Å². The average molecular weight is 335 g/mol. The number of nitro groups is 1. The highest BCUT2D eigenvalue weighted by Crippen LogP contribution is 2.27. The van der Waals surface area contributed by atoms with Gasteiger partial charge in [0.2, 0.25) is 5.91 Å². The van der Waals surface area contributed by atoms with Crippen LogP contribution in [0.2, 0.25) is 0 Å². The minimum absolute atomic E-state index is 0.00159. The van der Waals surface area contributed by atoms with Crippen molar-refractivity contribution in [2.75, 3.05) is 12.4 Å². The van der Waals surface area contributed by atoms with Crippen molar-refractivity contribution in [3.8, 4) is 11.3 Å². The summed E-state index contributed by atoms with van der Waals surface area (Å²) in [6.45, 7) is 0. The third kappa shape index (κ3) is 4.58. The van der Waals surface area contributed by atoms with Gasteiger partial charge in [-0.3, -0.25) is 19.7 Å². The van der Waals surface area contributed by atoms with Crippen LogP contribution in [0.5, 0.6) is 0 Å². The lowest BCUT2D eigenvalue weighted by Crippen LogP contribution is -2.13. The highest BCUT2D eigenvalue weighted by Gasteiger charge is 2.12. The number of carbonyl (C=O) groups is 2. The van der Waals surface area contributed by atoms with Gasteiger partial charge >= 0.3 is 5.97 Å². The second-order valence-corrected chi connectivity index (χ2v) is 5.33. The monoisotopic (exact) mass is 335 g/mol. The number of anilines is 1. The number of benzene rings is 1. The normalized spacial score (nSPS) is 10.1. The Morgan fingerprint density at radius 3 is 2.87 bits per heavy atom. The Hall–Kier alpha value is -2.81. The molecule has 0 bridgehead atoms. The molecule has 0 radical (unpaired) electrons. The van der Waals surface area contributed by atoms with E-state index in [0.717, 1.165) is 0 Å². The minimum Gasteiger partial charge on any atom is -0.469 e. The van der Waals surface area contributed by atoms with Gasteiger partial charge in [-0.25, -0.2) is 4.98 Å². The third-order valence-corrected chi connectivity index (χ3v) is 3.64. The molecule has 1 amide bonds. The zero-order valence-corrected chi connectivity index (χ0v) is 13.0. The van der Waals surface area contributed by atoms with Crippen LogP contribution in [0.4, 0.5) is 10.8 Å². The number of nitro benzene ring substituents is 1. The zero-order valence-electron chi connectivity index (χ0n) is 12.1. The fourth-order valence-electron chi connectivity index (χ4n) is 1.74. The molecule has 2 rings (SSSR count). The molecule has 120 valence electrons. The number of carbonyl (C=O) groups excluding carboxylic acids is 2. The van der Waals surface area contributed by atoms with Crippen LogP contribution in [0.1, 0.15) is 12.8 Å². The Bertz CT molecular complexity index is 744. The van der Waals surface area contributed by atoms with E-state index in [1.54, 1.807) is 17.5 Å². The van der Waals surface area contributed by atoms with E-state index in [2.05, 4.69) is 15.0 Å². The Kier molecular flexibility index (Phi) is 5.36. The number of rotatable bonds is 6. The molecule has 0 aliphatic carbocycles. The summed E-state index contributed by atoms with van der Waals surface area (Å²) in [6.07, 6.45) is -0.0101. The summed E-state index contributed by atoms with van der Waals surface area (Å²) < 4.78 is 4.46. The Labute approximate surface area is 135 Å². The van der Waals surface area contributed by atoms with E-state index in [0.29, 0.717) is 16.4 Å². The lowest BCUT2D eigenvalue weighted by atomic mass is 10.1. The first-order valence-electron chi connectivity index (χ1n) is 6.56. The molecule has 23 heavy (non-hydrogen) atoms. The lowest BCUT2D eigenvalue weighted by molar-refractivity contribution is -0.384. The minimum atomic E-state index is -0.481. The first kappa shape index (κ1) is 16.6. The first-order chi connectivity index (χ1) is 11.0. The zero-order chi connectivity index (χ0) is 16.8. The summed E-state index contributed by atoms with van der Waals surface area (Å²) in [6, 6.07) is 6.08. The van der Waals surface area contributed by atoms with Crippen molar-refractivity contribution >= 4 is 34.0 Å². The van der Waals surface area contributed by atoms with Crippen LogP contribution in [-0.2, 0) is 14.3 Å². The van der Waals surface area contributed by atoms with Crippen molar-refractivity contribution in [3.05, 3.63) is 39.8 Å². The summed E-state index contributed by atoms with van der Waals surface area (Å²) in [7, 11) is 1.26. The van der Waals surface area contributed by atoms with Gasteiger partial charge in [0.25, 0.3) is 5.69 Å². The predicted molar refractivity (Wildman–Crippen MR) is 84.1 cm³/mol. The van der Waals surface area contributed by atoms with Crippen molar-refractivity contribution in [2.24, 2.45) is 0 Å². The van der Waals surface area contributed by atoms with E-state index in [1.807, 2.05) is 0 Å². The number of hydrogen-bond acceptors (Lipinski definition) is 7. The molecule has 0 aliphatic heterocycles. The maximum absolute atomic E-state index is 11.7. The summed E-state index contributed by atoms with van der Waals surface area (Å²) in [5, 5.41) is 15.4. The maximum Gasteiger partial charge on any atom is 0.306 e. The summed E-state index contributed by atoms with van der Waals surface area (Å²) >= 11 is 1.20. The van der Waals surface area contributed by atoms with Gasteiger partial charge in [0, 0.05) is 29.5 Å². The second-order valence-electron chi connectivity index (χ2n) is 4.47. The highest BCUT2D eigenvalue weighted by atomic mass is 32.1. The number of amides is 1. The molecule has 1 heterocycles. The molecule has 0 aliphatic rings. The van der Waals surface area contributed by atoms with E-state index < -0.39 is 10.9 Å². The Morgan fingerprint density at radius 1 is 1.39 bits per heavy atom. The number of aromatic nitrogens is 1. The van der Waals surface area contributed by atoms with E-state index >= 15 is 0 Å². The third-order valence-electron chi connectivity index (χ3n) is 2.89. The molecule has 0 atom stereocenters. The smallest absolute Gasteiger partial charge is 0.306 e. The molecule has 0 spiro atoms. The van der Waals surface area contributed by atoms with E-state index in [1.165, 1.54) is 30.6 Å². The molecule has 0 saturated carbocycles. The van der Waals surface area contributed by atoms with Gasteiger partial charge in [0.1, 0.15) is 0 Å². The van der Waals surface area contributed by atoms with Gasteiger partial charge in [-0.1, -0.05) is 12.1 Å². The van der Waals surface area contributed by atoms with Crippen molar-refractivity contribution in [1.29, 1.82) is 0 Å². The molecule has 8 nitrogen and oxygen atoms in total. The van der Waals surface area contributed by atoms with Crippen molar-refractivity contribution < 1.29 is 19.2 Å². The van der Waals surface area contributed by atoms with Crippen LogP contribution in [0, 0.1) is 10.1 Å². The van der Waals surface area contributed by atoms with Gasteiger partial charge in [-0.2, -0.15) is 0 Å². The van der Waals surface area contributed by atoms with Crippen LogP contribution < -0.4 is 5.32 Å². The fourth-order valence-corrected chi connectivity index (χ4v) is 2.48. The van der Waals surface area contributed by atoms with Crippen LogP contribution in [0.15, 0.2) is 29.6 Å². The van der Waals surface area contributed by atoms with Gasteiger partial charge in [0.15, 0.2) is 5.13 Å². The molecule has 1 N–H and O–H groups in total. The fraction of sp³-hybridized carbons (Fsp3) is 0.214. The van der Waals surface area contributed by atoms with Crippen LogP contribution in [0.25, 0.3) is 11.3 Å². The van der Waals surface area contributed by atoms with E-state index in [4.69, 9.17) is 0 Å². The molecule has 1 aromatic carbocycles. The van der Waals surface area contributed by atoms with Crippen LogP contribution >= 0.6 is 11.3 Å². The van der Waals surface area contributed by atoms with Gasteiger partial charge < -0.3 is 10.1 Å². The first-order valence-corrected chi connectivity index (χ1v) is 7.44. The van der Waals surface area contributed by atoms with Crippen molar-refractivity contribution in [2.45, 2.75) is 12.8 Å². The lowest BCUT2D eigenvalue weighted by Gasteiger charge is -2.01. The molecule has 0 fully saturated rings. The van der Waals surface area contributed by atoms with Crippen LogP contribution in [0.3, 0.4) is 0 Å². The summed E-state index contributed by atoms with van der Waals surface area (Å²) in [5.41, 5.74) is 1.09. The number of nitrogens with one attached hydrogen (secondary N) is 1. The predicted octanol–water partition coefficient (Wildman–Crippen LogP) is 2.61. The number of ether oxygens (including phenoxy) is 1. The number of non-ortho nitro benzene ring substituents is 1. The number of nitrogens with zero attached hydrogens (tertiary/aromatic N) is 2. The second kappa shape index (κ2) is 7.45. The van der Waals surface area contributed by atoms with Crippen molar-refractivity contribution in [3.63, 3.8) is 0 Å². The topological polar surface area (TPSA) is 111 Å². The number of hydrogen-bond donors (Lipinski definition) is 1. The maximum atomic E-state index is 11.7. The molecular weight excluding hydrogens is 322 g/mol. The Morgan fingerprint density at radius 2 is 2.17 bits per heavy atom. The number of thiazole rings is 1. The molecule has 0 unspecified atom stereocenters. The number of methoxy groups -OCH3 is 1. The molecular formula is C14H13N3O5S. The van der Waals surface area contributed by atoms with Gasteiger partial charge in [0.05, 0.1) is 24.1 Å². The molecule has 2 aromatic rings. The quantitative estimate of drug-likeness (QED) is 0.493. The average Bonchev–Trinajstić information content (AvgIpc) is 3.01. The number of esters is 1. The molecule has 1 aromatic heterocycles. The van der Waals surface area contributed by atoms with E-state index in [9.17, 15) is 19.7 Å². The van der Waals surface area contributed by atoms with Gasteiger partial charge in [-0.05, 0) is 0 Å². The largest absolute Gasteiger partial charge is 0.469 e. The highest BCUT2D eigenvalue weighted by molar-refractivity contribution is 7.14. The van der Waals surface area contributed by atoms with Gasteiger partial charge in [-0.15, -0.1) is 11.3 Å². The molecule has 9 heteroatoms. The molecule has 0 saturated heterocycles. The van der Waals surface area contributed by atoms with Crippen LogP contribution in [-0.4, -0.2) is 28.9 Å². The Balaban J connectivity index is 2.03. The SMILES string of the molecule is COC(=O)CCC(=O)Nc1nc(-c2cccc([N+](=O)[O-])c2)cs1. The summed E-state index contributed by atoms with van der Waals surface area (Å²) in [5.74, 6) is -0.813.